The Morgan fingerprint density at radius 3 is 2.67 bits per heavy atom. The number of benzene rings is 1. The highest BCUT2D eigenvalue weighted by atomic mass is 16.5. The fraction of sp³-hybridized carbons (Fsp3) is 0.467. The first kappa shape index (κ1) is 15.2. The number of amides is 2. The Balaban J connectivity index is 2.06. The zero-order valence-electron chi connectivity index (χ0n) is 12.2. The predicted octanol–water partition coefficient (Wildman–Crippen LogP) is 2.09. The third kappa shape index (κ3) is 3.87. The summed E-state index contributed by atoms with van der Waals surface area (Å²) in [4.78, 5) is 24.6. The van der Waals surface area contributed by atoms with E-state index in [9.17, 15) is 9.59 Å². The molecule has 0 bridgehead atoms. The topological polar surface area (TPSA) is 78.9 Å². The van der Waals surface area contributed by atoms with Gasteiger partial charge >= 0.3 is 12.0 Å². The van der Waals surface area contributed by atoms with Gasteiger partial charge in [0.1, 0.15) is 5.75 Å². The SMILES string of the molecule is COc1ccccc1N(C)C(=O)NC(CC(=O)O)C1CC1. The molecule has 114 valence electrons. The molecule has 1 aliphatic rings. The summed E-state index contributed by atoms with van der Waals surface area (Å²) < 4.78 is 5.23. The molecule has 1 fully saturated rings. The maximum Gasteiger partial charge on any atom is 0.321 e. The summed E-state index contributed by atoms with van der Waals surface area (Å²) in [5, 5.41) is 11.7. The molecule has 1 aromatic carbocycles. The van der Waals surface area contributed by atoms with Crippen molar-refractivity contribution in [2.24, 2.45) is 5.92 Å². The van der Waals surface area contributed by atoms with Crippen molar-refractivity contribution < 1.29 is 19.4 Å². The number of hydrogen-bond donors (Lipinski definition) is 2. The minimum absolute atomic E-state index is 0.0455. The molecule has 2 rings (SSSR count). The van der Waals surface area contributed by atoms with Crippen LogP contribution in [0, 0.1) is 5.92 Å². The van der Waals surface area contributed by atoms with Crippen molar-refractivity contribution in [3.63, 3.8) is 0 Å². The van der Waals surface area contributed by atoms with Crippen LogP contribution in [-0.4, -0.2) is 37.3 Å². The first-order valence-corrected chi connectivity index (χ1v) is 6.92. The van der Waals surface area contributed by atoms with Crippen molar-refractivity contribution in [2.75, 3.05) is 19.1 Å². The maximum atomic E-state index is 12.3. The van der Waals surface area contributed by atoms with E-state index in [-0.39, 0.29) is 24.4 Å². The molecule has 1 atom stereocenters. The summed E-state index contributed by atoms with van der Waals surface area (Å²) in [7, 11) is 3.18. The molecule has 0 heterocycles. The van der Waals surface area contributed by atoms with Gasteiger partial charge in [0.05, 0.1) is 19.2 Å². The molecular weight excluding hydrogens is 272 g/mol. The van der Waals surface area contributed by atoms with E-state index in [1.807, 2.05) is 12.1 Å². The Morgan fingerprint density at radius 2 is 2.10 bits per heavy atom. The van der Waals surface area contributed by atoms with Crippen LogP contribution in [0.1, 0.15) is 19.3 Å². The number of ether oxygens (including phenoxy) is 1. The van der Waals surface area contributed by atoms with Crippen LogP contribution in [0.25, 0.3) is 0 Å². The average Bonchev–Trinajstić information content (AvgIpc) is 3.29. The number of carbonyl (C=O) groups excluding carboxylic acids is 1. The van der Waals surface area contributed by atoms with Crippen LogP contribution in [-0.2, 0) is 4.79 Å². The Morgan fingerprint density at radius 1 is 1.43 bits per heavy atom. The molecule has 2 N–H and O–H groups in total. The lowest BCUT2D eigenvalue weighted by Gasteiger charge is -2.24. The number of carbonyl (C=O) groups is 2. The Hall–Kier alpha value is -2.24. The fourth-order valence-electron chi connectivity index (χ4n) is 2.29. The lowest BCUT2D eigenvalue weighted by Crippen LogP contribution is -2.45. The molecule has 1 aliphatic carbocycles. The van der Waals surface area contributed by atoms with Gasteiger partial charge in [-0.25, -0.2) is 4.79 Å². The molecule has 0 aliphatic heterocycles. The third-order valence-electron chi connectivity index (χ3n) is 3.65. The van der Waals surface area contributed by atoms with Crippen LogP contribution in [0.5, 0.6) is 5.75 Å². The number of rotatable bonds is 6. The lowest BCUT2D eigenvalue weighted by atomic mass is 10.1. The molecule has 0 aromatic heterocycles. The normalized spacial score (nSPS) is 15.1. The summed E-state index contributed by atoms with van der Waals surface area (Å²) in [6.07, 6.45) is 1.89. The highest BCUT2D eigenvalue weighted by molar-refractivity contribution is 5.93. The van der Waals surface area contributed by atoms with E-state index in [0.717, 1.165) is 12.8 Å². The highest BCUT2D eigenvalue weighted by Gasteiger charge is 2.34. The van der Waals surface area contributed by atoms with Gasteiger partial charge < -0.3 is 15.2 Å². The van der Waals surface area contributed by atoms with Crippen molar-refractivity contribution in [3.05, 3.63) is 24.3 Å². The van der Waals surface area contributed by atoms with Crippen LogP contribution in [0.3, 0.4) is 0 Å². The number of nitrogens with one attached hydrogen (secondary N) is 1. The summed E-state index contributed by atoms with van der Waals surface area (Å²) in [5.41, 5.74) is 0.641. The van der Waals surface area contributed by atoms with E-state index in [4.69, 9.17) is 9.84 Å². The number of aliphatic carboxylic acids is 1. The largest absolute Gasteiger partial charge is 0.495 e. The molecule has 1 saturated carbocycles. The van der Waals surface area contributed by atoms with Crippen LogP contribution in [0.2, 0.25) is 0 Å². The first-order valence-electron chi connectivity index (χ1n) is 6.92. The smallest absolute Gasteiger partial charge is 0.321 e. The molecule has 6 heteroatoms. The minimum Gasteiger partial charge on any atom is -0.495 e. The second-order valence-electron chi connectivity index (χ2n) is 5.22. The highest BCUT2D eigenvalue weighted by Crippen LogP contribution is 2.34. The first-order chi connectivity index (χ1) is 10.0. The molecule has 0 spiro atoms. The average molecular weight is 292 g/mol. The molecule has 0 saturated heterocycles. The summed E-state index contributed by atoms with van der Waals surface area (Å²) >= 11 is 0. The van der Waals surface area contributed by atoms with Crippen LogP contribution in [0.4, 0.5) is 10.5 Å². The molecule has 1 unspecified atom stereocenters. The lowest BCUT2D eigenvalue weighted by molar-refractivity contribution is -0.137. The third-order valence-corrected chi connectivity index (χ3v) is 3.65. The minimum atomic E-state index is -0.896. The number of para-hydroxylation sites is 2. The van der Waals surface area contributed by atoms with Crippen LogP contribution >= 0.6 is 0 Å². The van der Waals surface area contributed by atoms with Gasteiger partial charge in [-0.1, -0.05) is 12.1 Å². The number of methoxy groups -OCH3 is 1. The monoisotopic (exact) mass is 292 g/mol. The summed E-state index contributed by atoms with van der Waals surface area (Å²) in [6, 6.07) is 6.56. The predicted molar refractivity (Wildman–Crippen MR) is 78.7 cm³/mol. The standard InChI is InChI=1S/C15H20N2O4/c1-17(12-5-3-4-6-13(12)21-2)15(20)16-11(9-14(18)19)10-7-8-10/h3-6,10-11H,7-9H2,1-2H3,(H,16,20)(H,18,19). The quantitative estimate of drug-likeness (QED) is 0.841. The molecule has 21 heavy (non-hydrogen) atoms. The van der Waals surface area contributed by atoms with Crippen molar-refractivity contribution in [1.29, 1.82) is 0 Å². The molecule has 0 radical (unpaired) electrons. The van der Waals surface area contributed by atoms with Crippen molar-refractivity contribution in [2.45, 2.75) is 25.3 Å². The Bertz CT molecular complexity index is 528. The van der Waals surface area contributed by atoms with Crippen molar-refractivity contribution in [3.8, 4) is 5.75 Å². The number of hydrogen-bond acceptors (Lipinski definition) is 3. The van der Waals surface area contributed by atoms with Gasteiger partial charge in [-0.2, -0.15) is 0 Å². The maximum absolute atomic E-state index is 12.3. The summed E-state index contributed by atoms with van der Waals surface area (Å²) in [5.74, 6) is -0.0281. The van der Waals surface area contributed by atoms with Gasteiger partial charge in [0.15, 0.2) is 0 Å². The number of carboxylic acid groups (broad SMARTS) is 1. The van der Waals surface area contributed by atoms with Gasteiger partial charge in [0, 0.05) is 13.1 Å². The van der Waals surface area contributed by atoms with E-state index >= 15 is 0 Å². The Kier molecular flexibility index (Phi) is 4.67. The van der Waals surface area contributed by atoms with Crippen molar-refractivity contribution >= 4 is 17.7 Å². The second kappa shape index (κ2) is 6.47. The van der Waals surface area contributed by atoms with Gasteiger partial charge in [-0.05, 0) is 30.9 Å². The van der Waals surface area contributed by atoms with Gasteiger partial charge in [-0.3, -0.25) is 9.69 Å². The van der Waals surface area contributed by atoms with E-state index in [0.29, 0.717) is 11.4 Å². The van der Waals surface area contributed by atoms with E-state index in [1.165, 1.54) is 4.90 Å². The van der Waals surface area contributed by atoms with Crippen molar-refractivity contribution in [1.82, 2.24) is 5.32 Å². The number of urea groups is 1. The van der Waals surface area contributed by atoms with Gasteiger partial charge in [-0.15, -0.1) is 0 Å². The number of anilines is 1. The zero-order chi connectivity index (χ0) is 15.4. The zero-order valence-corrected chi connectivity index (χ0v) is 12.2. The molecule has 2 amide bonds. The van der Waals surface area contributed by atoms with E-state index < -0.39 is 5.97 Å². The van der Waals surface area contributed by atoms with Crippen LogP contribution in [0.15, 0.2) is 24.3 Å². The number of nitrogens with zero attached hydrogens (tertiary/aromatic N) is 1. The van der Waals surface area contributed by atoms with Gasteiger partial charge in [0.25, 0.3) is 0 Å². The second-order valence-corrected chi connectivity index (χ2v) is 5.22. The summed E-state index contributed by atoms with van der Waals surface area (Å²) in [6.45, 7) is 0. The van der Waals surface area contributed by atoms with Crippen LogP contribution < -0.4 is 15.0 Å². The molecule has 6 nitrogen and oxygen atoms in total. The van der Waals surface area contributed by atoms with E-state index in [1.54, 1.807) is 26.3 Å². The molecular formula is C15H20N2O4. The van der Waals surface area contributed by atoms with Gasteiger partial charge in [0.2, 0.25) is 0 Å². The number of carboxylic acids is 1. The van der Waals surface area contributed by atoms with E-state index in [2.05, 4.69) is 5.32 Å². The fourth-order valence-corrected chi connectivity index (χ4v) is 2.29. The molecule has 1 aromatic rings. The Labute approximate surface area is 123 Å².